The quantitative estimate of drug-likeness (QED) is 0.0365. The second kappa shape index (κ2) is 34.9. The summed E-state index contributed by atoms with van der Waals surface area (Å²) in [6.45, 7) is 4.56. The van der Waals surface area contributed by atoms with Crippen molar-refractivity contribution < 1.29 is 44.2 Å². The maximum atomic E-state index is 12.6. The number of ether oxygens (including phenoxy) is 4. The Bertz CT molecular complexity index is 752. The van der Waals surface area contributed by atoms with Gasteiger partial charge in [-0.05, 0) is 12.8 Å². The Morgan fingerprint density at radius 1 is 0.549 bits per heavy atom. The Morgan fingerprint density at radius 3 is 1.39 bits per heavy atom. The Balaban J connectivity index is 2.18. The van der Waals surface area contributed by atoms with Crippen LogP contribution in [0.5, 0.6) is 0 Å². The minimum Gasteiger partial charge on any atom is -0.457 e. The fourth-order valence-electron chi connectivity index (χ4n) is 6.85. The van der Waals surface area contributed by atoms with Crippen molar-refractivity contribution >= 4 is 5.97 Å². The van der Waals surface area contributed by atoms with Crippen molar-refractivity contribution in [2.24, 2.45) is 0 Å². The highest BCUT2D eigenvalue weighted by Gasteiger charge is 2.44. The average molecular weight is 731 g/mol. The van der Waals surface area contributed by atoms with Gasteiger partial charge in [0.2, 0.25) is 0 Å². The third-order valence-electron chi connectivity index (χ3n) is 10.3. The van der Waals surface area contributed by atoms with Gasteiger partial charge in [-0.25, -0.2) is 0 Å². The van der Waals surface area contributed by atoms with Gasteiger partial charge >= 0.3 is 5.97 Å². The molecule has 6 unspecified atom stereocenters. The van der Waals surface area contributed by atoms with Crippen LogP contribution in [0.3, 0.4) is 0 Å². The molecule has 9 nitrogen and oxygen atoms in total. The van der Waals surface area contributed by atoms with Crippen LogP contribution in [0.1, 0.15) is 200 Å². The molecule has 0 aromatic carbocycles. The highest BCUT2D eigenvalue weighted by Crippen LogP contribution is 2.23. The molecule has 0 aromatic heterocycles. The van der Waals surface area contributed by atoms with Crippen LogP contribution in [0, 0.1) is 0 Å². The first kappa shape index (κ1) is 48.2. The largest absolute Gasteiger partial charge is 0.457 e. The minimum absolute atomic E-state index is 0.106. The summed E-state index contributed by atoms with van der Waals surface area (Å²) in [5.74, 6) is -0.314. The molecular formula is C42H82O9. The molecule has 4 N–H and O–H groups in total. The van der Waals surface area contributed by atoms with Gasteiger partial charge in [-0.1, -0.05) is 181 Å². The van der Waals surface area contributed by atoms with Crippen molar-refractivity contribution in [3.63, 3.8) is 0 Å². The number of unbranched alkanes of at least 4 members (excludes halogenated alkanes) is 26. The van der Waals surface area contributed by atoms with Crippen LogP contribution in [-0.4, -0.2) is 89.6 Å². The zero-order chi connectivity index (χ0) is 37.2. The molecule has 1 aliphatic heterocycles. The minimum atomic E-state index is -1.53. The summed E-state index contributed by atoms with van der Waals surface area (Å²) in [7, 11) is 0. The molecule has 1 saturated heterocycles. The lowest BCUT2D eigenvalue weighted by Crippen LogP contribution is -2.59. The molecule has 0 aromatic rings. The second-order valence-electron chi connectivity index (χ2n) is 15.2. The molecular weight excluding hydrogens is 648 g/mol. The summed E-state index contributed by atoms with van der Waals surface area (Å²) in [5.41, 5.74) is 0. The third-order valence-corrected chi connectivity index (χ3v) is 10.3. The van der Waals surface area contributed by atoms with Gasteiger partial charge in [0.15, 0.2) is 6.29 Å². The van der Waals surface area contributed by atoms with Crippen LogP contribution >= 0.6 is 0 Å². The van der Waals surface area contributed by atoms with E-state index in [0.717, 1.165) is 32.1 Å². The van der Waals surface area contributed by atoms with Crippen molar-refractivity contribution in [1.29, 1.82) is 0 Å². The van der Waals surface area contributed by atoms with Gasteiger partial charge in [0.05, 0.1) is 19.8 Å². The van der Waals surface area contributed by atoms with E-state index in [-0.39, 0.29) is 19.2 Å². The average Bonchev–Trinajstić information content (AvgIpc) is 3.13. The SMILES string of the molecule is CCCCCCCCCCCCCCCCCCCCCCOCC(COC1OC(CO)C(O)C(O)C1O)OC(=O)CCCCCCCCCC. The Hall–Kier alpha value is -0.810. The van der Waals surface area contributed by atoms with E-state index in [1.54, 1.807) is 0 Å². The molecule has 6 atom stereocenters. The lowest BCUT2D eigenvalue weighted by molar-refractivity contribution is -0.305. The van der Waals surface area contributed by atoms with E-state index in [1.165, 1.54) is 148 Å². The van der Waals surface area contributed by atoms with Crippen molar-refractivity contribution in [3.05, 3.63) is 0 Å². The topological polar surface area (TPSA) is 135 Å². The predicted octanol–water partition coefficient (Wildman–Crippen LogP) is 9.08. The van der Waals surface area contributed by atoms with Gasteiger partial charge in [-0.2, -0.15) is 0 Å². The first-order valence-corrected chi connectivity index (χ1v) is 21.6. The van der Waals surface area contributed by atoms with Crippen LogP contribution in [0.4, 0.5) is 0 Å². The molecule has 0 radical (unpaired) electrons. The highest BCUT2D eigenvalue weighted by molar-refractivity contribution is 5.69. The summed E-state index contributed by atoms with van der Waals surface area (Å²) in [6, 6.07) is 0. The normalized spacial score (nSPS) is 21.3. The smallest absolute Gasteiger partial charge is 0.306 e. The van der Waals surface area contributed by atoms with Crippen molar-refractivity contribution in [2.75, 3.05) is 26.4 Å². The molecule has 51 heavy (non-hydrogen) atoms. The molecule has 304 valence electrons. The van der Waals surface area contributed by atoms with Crippen LogP contribution < -0.4 is 0 Å². The first-order valence-electron chi connectivity index (χ1n) is 21.6. The molecule has 0 saturated carbocycles. The Labute approximate surface area is 312 Å². The van der Waals surface area contributed by atoms with Gasteiger partial charge < -0.3 is 39.4 Å². The molecule has 0 spiro atoms. The van der Waals surface area contributed by atoms with E-state index < -0.39 is 43.4 Å². The van der Waals surface area contributed by atoms with Gasteiger partial charge in [-0.15, -0.1) is 0 Å². The number of carbonyl (C=O) groups excluding carboxylic acids is 1. The maximum Gasteiger partial charge on any atom is 0.306 e. The third kappa shape index (κ3) is 26.6. The molecule has 9 heteroatoms. The first-order chi connectivity index (χ1) is 24.9. The number of aliphatic hydroxyl groups excluding tert-OH is 4. The number of rotatable bonds is 37. The van der Waals surface area contributed by atoms with Crippen LogP contribution in [-0.2, 0) is 23.7 Å². The number of esters is 1. The fraction of sp³-hybridized carbons (Fsp3) is 0.976. The fourth-order valence-corrected chi connectivity index (χ4v) is 6.85. The standard InChI is InChI=1S/C42H82O9/c1-3-5-7-9-11-13-14-15-16-17-18-19-20-21-22-23-24-26-28-30-32-48-34-36(50-38(44)31-29-27-25-12-10-8-6-4-2)35-49-42-41(47)40(46)39(45)37(33-43)51-42/h36-37,39-43,45-47H,3-35H2,1-2H3. The van der Waals surface area contributed by atoms with Crippen molar-refractivity contribution in [1.82, 2.24) is 0 Å². The zero-order valence-corrected chi connectivity index (χ0v) is 33.1. The lowest BCUT2D eigenvalue weighted by atomic mass is 9.99. The summed E-state index contributed by atoms with van der Waals surface area (Å²) in [6.07, 6.45) is 28.6. The van der Waals surface area contributed by atoms with Gasteiger partial charge in [0, 0.05) is 13.0 Å². The van der Waals surface area contributed by atoms with Gasteiger partial charge in [-0.3, -0.25) is 4.79 Å². The maximum absolute atomic E-state index is 12.6. The molecule has 1 aliphatic rings. The van der Waals surface area contributed by atoms with E-state index in [4.69, 9.17) is 18.9 Å². The molecule has 0 bridgehead atoms. The van der Waals surface area contributed by atoms with E-state index in [2.05, 4.69) is 13.8 Å². The summed E-state index contributed by atoms with van der Waals surface area (Å²) in [5, 5.41) is 39.9. The van der Waals surface area contributed by atoms with E-state index >= 15 is 0 Å². The second-order valence-corrected chi connectivity index (χ2v) is 15.2. The van der Waals surface area contributed by atoms with Crippen LogP contribution in [0.15, 0.2) is 0 Å². The number of aliphatic hydroxyl groups is 4. The Morgan fingerprint density at radius 2 is 0.961 bits per heavy atom. The lowest BCUT2D eigenvalue weighted by Gasteiger charge is -2.39. The van der Waals surface area contributed by atoms with Crippen LogP contribution in [0.2, 0.25) is 0 Å². The van der Waals surface area contributed by atoms with E-state index in [0.29, 0.717) is 13.0 Å². The van der Waals surface area contributed by atoms with E-state index in [9.17, 15) is 25.2 Å². The number of carbonyl (C=O) groups is 1. The van der Waals surface area contributed by atoms with Crippen LogP contribution in [0.25, 0.3) is 0 Å². The monoisotopic (exact) mass is 731 g/mol. The summed E-state index contributed by atoms with van der Waals surface area (Å²) < 4.78 is 22.7. The summed E-state index contributed by atoms with van der Waals surface area (Å²) >= 11 is 0. The molecule has 1 rings (SSSR count). The molecule has 0 aliphatic carbocycles. The van der Waals surface area contributed by atoms with E-state index in [1.807, 2.05) is 0 Å². The number of hydrogen-bond acceptors (Lipinski definition) is 9. The van der Waals surface area contributed by atoms with Gasteiger partial charge in [0.1, 0.15) is 30.5 Å². The summed E-state index contributed by atoms with van der Waals surface area (Å²) in [4.78, 5) is 12.6. The van der Waals surface area contributed by atoms with Crippen molar-refractivity contribution in [3.8, 4) is 0 Å². The number of hydrogen-bond donors (Lipinski definition) is 4. The molecule has 1 fully saturated rings. The Kier molecular flexibility index (Phi) is 33.0. The van der Waals surface area contributed by atoms with Crippen molar-refractivity contribution in [2.45, 2.75) is 237 Å². The zero-order valence-electron chi connectivity index (χ0n) is 33.1. The molecule has 0 amide bonds. The highest BCUT2D eigenvalue weighted by atomic mass is 16.7. The molecule has 1 heterocycles. The predicted molar refractivity (Wildman–Crippen MR) is 206 cm³/mol. The van der Waals surface area contributed by atoms with Gasteiger partial charge in [0.25, 0.3) is 0 Å².